The molecule has 1 aliphatic rings. The van der Waals surface area contributed by atoms with Gasteiger partial charge in [0.05, 0.1) is 11.7 Å². The van der Waals surface area contributed by atoms with Crippen LogP contribution in [0, 0.1) is 6.92 Å². The minimum absolute atomic E-state index is 0. The molecular weight excluding hydrogens is 394 g/mol. The van der Waals surface area contributed by atoms with E-state index in [2.05, 4.69) is 36.9 Å². The van der Waals surface area contributed by atoms with Crippen LogP contribution in [-0.2, 0) is 6.54 Å². The summed E-state index contributed by atoms with van der Waals surface area (Å²) in [7, 11) is 0. The number of nitrogens with zero attached hydrogens (tertiary/aromatic N) is 3. The Labute approximate surface area is 155 Å². The summed E-state index contributed by atoms with van der Waals surface area (Å²) in [6.07, 6.45) is 2.03. The molecule has 6 nitrogen and oxygen atoms in total. The van der Waals surface area contributed by atoms with E-state index in [0.29, 0.717) is 18.3 Å². The van der Waals surface area contributed by atoms with Crippen molar-refractivity contribution in [2.45, 2.75) is 32.4 Å². The Morgan fingerprint density at radius 1 is 1.38 bits per heavy atom. The van der Waals surface area contributed by atoms with Crippen molar-refractivity contribution in [3.05, 3.63) is 45.7 Å². The van der Waals surface area contributed by atoms with Crippen LogP contribution in [0.3, 0.4) is 0 Å². The molecule has 1 amide bonds. The molecular formula is C16H21BrClN5O. The highest BCUT2D eigenvalue weighted by atomic mass is 79.9. The average Bonchev–Trinajstić information content (AvgIpc) is 2.96. The molecule has 0 spiro atoms. The maximum atomic E-state index is 12.4. The summed E-state index contributed by atoms with van der Waals surface area (Å²) in [5, 5.41) is 14.5. The third kappa shape index (κ3) is 4.15. The molecule has 2 heterocycles. The lowest BCUT2D eigenvalue weighted by molar-refractivity contribution is 0.0945. The van der Waals surface area contributed by atoms with Crippen molar-refractivity contribution in [2.75, 3.05) is 13.1 Å². The lowest BCUT2D eigenvalue weighted by atomic mass is 10.1. The number of hydrogen-bond acceptors (Lipinski definition) is 4. The highest BCUT2D eigenvalue weighted by Gasteiger charge is 2.22. The molecule has 0 saturated carbocycles. The van der Waals surface area contributed by atoms with Crippen molar-refractivity contribution >= 4 is 34.2 Å². The summed E-state index contributed by atoms with van der Waals surface area (Å²) in [5.41, 5.74) is 2.28. The molecule has 3 rings (SSSR count). The number of rotatable bonds is 4. The highest BCUT2D eigenvalue weighted by Crippen LogP contribution is 2.20. The van der Waals surface area contributed by atoms with E-state index in [1.54, 1.807) is 0 Å². The predicted octanol–water partition coefficient (Wildman–Crippen LogP) is 2.63. The van der Waals surface area contributed by atoms with Crippen LogP contribution in [0.2, 0.25) is 0 Å². The zero-order valence-electron chi connectivity index (χ0n) is 13.5. The molecule has 1 aromatic carbocycles. The van der Waals surface area contributed by atoms with Crippen LogP contribution in [-0.4, -0.2) is 34.0 Å². The second-order valence-electron chi connectivity index (χ2n) is 5.72. The van der Waals surface area contributed by atoms with Crippen molar-refractivity contribution in [1.29, 1.82) is 0 Å². The van der Waals surface area contributed by atoms with Crippen molar-refractivity contribution in [3.63, 3.8) is 0 Å². The Morgan fingerprint density at radius 2 is 2.08 bits per heavy atom. The molecule has 24 heavy (non-hydrogen) atoms. The van der Waals surface area contributed by atoms with Gasteiger partial charge in [-0.25, -0.2) is 4.68 Å². The predicted molar refractivity (Wildman–Crippen MR) is 98.5 cm³/mol. The summed E-state index contributed by atoms with van der Waals surface area (Å²) in [5.74, 6) is -0.182. The van der Waals surface area contributed by atoms with E-state index in [4.69, 9.17) is 0 Å². The molecule has 8 heteroatoms. The fraction of sp³-hybridized carbons (Fsp3) is 0.438. The van der Waals surface area contributed by atoms with E-state index >= 15 is 0 Å². The number of carbonyl (C=O) groups excluding carboxylic acids is 1. The quantitative estimate of drug-likeness (QED) is 0.807. The first-order chi connectivity index (χ1) is 11.2. The van der Waals surface area contributed by atoms with Gasteiger partial charge in [-0.2, -0.15) is 0 Å². The normalized spacial score (nSPS) is 14.9. The van der Waals surface area contributed by atoms with Gasteiger partial charge in [-0.3, -0.25) is 4.79 Å². The van der Waals surface area contributed by atoms with E-state index < -0.39 is 0 Å². The topological polar surface area (TPSA) is 71.8 Å². The van der Waals surface area contributed by atoms with Crippen LogP contribution in [0.1, 0.15) is 40.6 Å². The number of amides is 1. The first-order valence-electron chi connectivity index (χ1n) is 7.81. The van der Waals surface area contributed by atoms with Gasteiger partial charge in [0.25, 0.3) is 5.91 Å². The van der Waals surface area contributed by atoms with Crippen LogP contribution in [0.15, 0.2) is 28.7 Å². The van der Waals surface area contributed by atoms with Gasteiger partial charge < -0.3 is 10.6 Å². The molecule has 0 unspecified atom stereocenters. The second-order valence-corrected chi connectivity index (χ2v) is 6.58. The zero-order valence-corrected chi connectivity index (χ0v) is 15.9. The first kappa shape index (κ1) is 18.9. The van der Waals surface area contributed by atoms with Gasteiger partial charge in [0.15, 0.2) is 5.69 Å². The van der Waals surface area contributed by atoms with E-state index in [1.165, 1.54) is 0 Å². The lowest BCUT2D eigenvalue weighted by Gasteiger charge is -2.23. The Balaban J connectivity index is 0.00000208. The van der Waals surface area contributed by atoms with Gasteiger partial charge in [-0.15, -0.1) is 17.5 Å². The Hall–Kier alpha value is -1.44. The molecule has 0 radical (unpaired) electrons. The van der Waals surface area contributed by atoms with Crippen molar-refractivity contribution < 1.29 is 4.79 Å². The highest BCUT2D eigenvalue weighted by molar-refractivity contribution is 9.10. The largest absolute Gasteiger partial charge is 0.346 e. The van der Waals surface area contributed by atoms with Crippen LogP contribution in [0.5, 0.6) is 0 Å². The molecule has 130 valence electrons. The molecule has 1 fully saturated rings. The summed E-state index contributed by atoms with van der Waals surface area (Å²) < 4.78 is 2.88. The number of halogens is 2. The Morgan fingerprint density at radius 3 is 2.79 bits per heavy atom. The number of hydrogen-bond donors (Lipinski definition) is 2. The third-order valence-corrected chi connectivity index (χ3v) is 4.97. The summed E-state index contributed by atoms with van der Waals surface area (Å²) in [4.78, 5) is 12.4. The maximum absolute atomic E-state index is 12.4. The Kier molecular flexibility index (Phi) is 6.77. The van der Waals surface area contributed by atoms with Gasteiger partial charge in [-0.05, 0) is 44.5 Å². The molecule has 2 aromatic rings. The van der Waals surface area contributed by atoms with Gasteiger partial charge in [0.2, 0.25) is 0 Å². The number of aromatic nitrogens is 3. The summed E-state index contributed by atoms with van der Waals surface area (Å²) in [6.45, 7) is 4.33. The van der Waals surface area contributed by atoms with Gasteiger partial charge in [-0.1, -0.05) is 39.3 Å². The van der Waals surface area contributed by atoms with Gasteiger partial charge >= 0.3 is 0 Å². The fourth-order valence-electron chi connectivity index (χ4n) is 2.85. The summed E-state index contributed by atoms with van der Waals surface area (Å²) in [6, 6.07) is 8.16. The first-order valence-corrected chi connectivity index (χ1v) is 8.60. The van der Waals surface area contributed by atoms with E-state index in [1.807, 2.05) is 35.9 Å². The summed E-state index contributed by atoms with van der Waals surface area (Å²) >= 11 is 3.48. The number of piperidine rings is 1. The molecule has 1 aliphatic heterocycles. The maximum Gasteiger partial charge on any atom is 0.274 e. The molecule has 1 saturated heterocycles. The van der Waals surface area contributed by atoms with Crippen molar-refractivity contribution in [3.8, 4) is 0 Å². The number of nitrogens with one attached hydrogen (secondary N) is 2. The second kappa shape index (κ2) is 8.60. The van der Waals surface area contributed by atoms with Gasteiger partial charge in [0.1, 0.15) is 0 Å². The van der Waals surface area contributed by atoms with Crippen LogP contribution in [0.4, 0.5) is 0 Å². The third-order valence-electron chi connectivity index (χ3n) is 4.19. The monoisotopic (exact) mass is 413 g/mol. The van der Waals surface area contributed by atoms with E-state index in [0.717, 1.165) is 41.7 Å². The van der Waals surface area contributed by atoms with Crippen molar-refractivity contribution in [1.82, 2.24) is 25.6 Å². The molecule has 1 aromatic heterocycles. The lowest BCUT2D eigenvalue weighted by Crippen LogP contribution is -2.30. The molecule has 0 aliphatic carbocycles. The zero-order chi connectivity index (χ0) is 16.2. The average molecular weight is 415 g/mol. The SMILES string of the molecule is Cc1c(C(=O)NCc2ccccc2Br)nnn1C1CCNCC1.Cl. The standard InChI is InChI=1S/C16H20BrN5O.ClH/c1-11-15(20-21-22(11)13-6-8-18-9-7-13)16(23)19-10-12-4-2-3-5-14(12)17;/h2-5,13,18H,6-10H2,1H3,(H,19,23);1H. The Bertz CT molecular complexity index is 700. The van der Waals surface area contributed by atoms with Crippen LogP contribution in [0.25, 0.3) is 0 Å². The van der Waals surface area contributed by atoms with Crippen LogP contribution < -0.4 is 10.6 Å². The van der Waals surface area contributed by atoms with Crippen LogP contribution >= 0.6 is 28.3 Å². The fourth-order valence-corrected chi connectivity index (χ4v) is 3.27. The van der Waals surface area contributed by atoms with Gasteiger partial charge in [0, 0.05) is 11.0 Å². The number of carbonyl (C=O) groups is 1. The van der Waals surface area contributed by atoms with E-state index in [9.17, 15) is 4.79 Å². The minimum Gasteiger partial charge on any atom is -0.346 e. The van der Waals surface area contributed by atoms with Crippen molar-refractivity contribution in [2.24, 2.45) is 0 Å². The number of benzene rings is 1. The van der Waals surface area contributed by atoms with E-state index in [-0.39, 0.29) is 18.3 Å². The molecule has 2 N–H and O–H groups in total. The molecule has 0 atom stereocenters. The molecule has 0 bridgehead atoms. The minimum atomic E-state index is -0.182. The smallest absolute Gasteiger partial charge is 0.274 e.